The van der Waals surface area contributed by atoms with Gasteiger partial charge in [-0.15, -0.1) is 12.4 Å². The Morgan fingerprint density at radius 2 is 2.10 bits per heavy atom. The van der Waals surface area contributed by atoms with Gasteiger partial charge in [-0.2, -0.15) is 0 Å². The number of hydrogen-bond donors (Lipinski definition) is 1. The number of piperidine rings is 1. The summed E-state index contributed by atoms with van der Waals surface area (Å²) in [4.78, 5) is 14.2. The van der Waals surface area contributed by atoms with Gasteiger partial charge >= 0.3 is 0 Å². The van der Waals surface area contributed by atoms with Crippen LogP contribution in [-0.2, 0) is 11.2 Å². The van der Waals surface area contributed by atoms with Crippen LogP contribution >= 0.6 is 12.4 Å². The second-order valence-corrected chi connectivity index (χ2v) is 5.62. The van der Waals surface area contributed by atoms with Crippen LogP contribution < -0.4 is 5.73 Å². The maximum atomic E-state index is 12.2. The minimum absolute atomic E-state index is 0. The van der Waals surface area contributed by atoms with E-state index in [0.717, 1.165) is 25.9 Å². The topological polar surface area (TPSA) is 46.3 Å². The largest absolute Gasteiger partial charge is 0.342 e. The van der Waals surface area contributed by atoms with Gasteiger partial charge in [-0.05, 0) is 30.7 Å². The lowest BCUT2D eigenvalue weighted by molar-refractivity contribution is -0.136. The fraction of sp³-hybridized carbons (Fsp3) is 0.562. The minimum atomic E-state index is -0.0459. The van der Waals surface area contributed by atoms with Crippen molar-refractivity contribution in [2.24, 2.45) is 17.6 Å². The quantitative estimate of drug-likeness (QED) is 0.928. The molecule has 0 spiro atoms. The normalized spacial score (nSPS) is 20.1. The van der Waals surface area contributed by atoms with Crippen molar-refractivity contribution in [3.63, 3.8) is 0 Å². The summed E-state index contributed by atoms with van der Waals surface area (Å²) in [5, 5.41) is 0. The van der Waals surface area contributed by atoms with Crippen LogP contribution in [0.3, 0.4) is 0 Å². The number of nitrogens with zero attached hydrogens (tertiary/aromatic N) is 1. The number of carbonyl (C=O) groups excluding carboxylic acids is 1. The van der Waals surface area contributed by atoms with Crippen LogP contribution in [0, 0.1) is 11.8 Å². The summed E-state index contributed by atoms with van der Waals surface area (Å²) in [6.45, 7) is 4.15. The molecule has 2 unspecified atom stereocenters. The molecule has 112 valence electrons. The highest BCUT2D eigenvalue weighted by Crippen LogP contribution is 2.21. The first-order valence-electron chi connectivity index (χ1n) is 7.23. The highest BCUT2D eigenvalue weighted by Gasteiger charge is 2.26. The van der Waals surface area contributed by atoms with Crippen LogP contribution in [0.1, 0.15) is 25.3 Å². The number of hydrogen-bond acceptors (Lipinski definition) is 2. The molecule has 3 nitrogen and oxygen atoms in total. The van der Waals surface area contributed by atoms with Crippen LogP contribution in [0.25, 0.3) is 0 Å². The Kier molecular flexibility index (Phi) is 7.03. The molecule has 20 heavy (non-hydrogen) atoms. The second-order valence-electron chi connectivity index (χ2n) is 5.62. The Labute approximate surface area is 127 Å². The fourth-order valence-corrected chi connectivity index (χ4v) is 2.79. The maximum Gasteiger partial charge on any atom is 0.226 e. The van der Waals surface area contributed by atoms with Crippen molar-refractivity contribution >= 4 is 18.3 Å². The number of halogens is 1. The standard InChI is InChI=1S/C16H24N2O.ClH/c1-13(11-17)16(19)18-9-5-8-15(12-18)10-14-6-3-2-4-7-14;/h2-4,6-7,13,15H,5,8-12,17H2,1H3;1H. The molecule has 0 saturated carbocycles. The third-order valence-electron chi connectivity index (χ3n) is 3.97. The molecule has 2 atom stereocenters. The first-order chi connectivity index (χ1) is 9.20. The Bertz CT molecular complexity index is 410. The van der Waals surface area contributed by atoms with Gasteiger partial charge in [-0.1, -0.05) is 37.3 Å². The molecule has 1 fully saturated rings. The Hall–Kier alpha value is -1.06. The van der Waals surface area contributed by atoms with Crippen molar-refractivity contribution in [3.8, 4) is 0 Å². The Balaban J connectivity index is 0.00000200. The average molecular weight is 297 g/mol. The minimum Gasteiger partial charge on any atom is -0.342 e. The van der Waals surface area contributed by atoms with Crippen molar-refractivity contribution in [1.29, 1.82) is 0 Å². The molecule has 1 aromatic rings. The summed E-state index contributed by atoms with van der Waals surface area (Å²) < 4.78 is 0. The van der Waals surface area contributed by atoms with Crippen LogP contribution in [0.2, 0.25) is 0 Å². The predicted molar refractivity (Wildman–Crippen MR) is 84.9 cm³/mol. The summed E-state index contributed by atoms with van der Waals surface area (Å²) in [5.74, 6) is 0.765. The average Bonchev–Trinajstić information content (AvgIpc) is 2.47. The molecule has 1 aliphatic rings. The van der Waals surface area contributed by atoms with Crippen LogP contribution in [0.4, 0.5) is 0 Å². The number of carbonyl (C=O) groups is 1. The molecule has 0 aromatic heterocycles. The van der Waals surface area contributed by atoms with E-state index in [-0.39, 0.29) is 24.2 Å². The third kappa shape index (κ3) is 4.50. The van der Waals surface area contributed by atoms with Crippen molar-refractivity contribution in [1.82, 2.24) is 4.90 Å². The smallest absolute Gasteiger partial charge is 0.226 e. The highest BCUT2D eigenvalue weighted by atomic mass is 35.5. The van der Waals surface area contributed by atoms with E-state index in [4.69, 9.17) is 5.73 Å². The molecule has 4 heteroatoms. The number of benzene rings is 1. The van der Waals surface area contributed by atoms with Crippen LogP contribution in [-0.4, -0.2) is 30.4 Å². The predicted octanol–water partition coefficient (Wildman–Crippen LogP) is 2.48. The lowest BCUT2D eigenvalue weighted by Crippen LogP contribution is -2.44. The summed E-state index contributed by atoms with van der Waals surface area (Å²) in [6.07, 6.45) is 3.40. The number of nitrogens with two attached hydrogens (primary N) is 1. The zero-order valence-corrected chi connectivity index (χ0v) is 12.9. The second kappa shape index (κ2) is 8.28. The highest BCUT2D eigenvalue weighted by molar-refractivity contribution is 5.85. The summed E-state index contributed by atoms with van der Waals surface area (Å²) in [5.41, 5.74) is 6.96. The molecule has 1 aromatic carbocycles. The molecule has 1 amide bonds. The first kappa shape index (κ1) is 17.0. The van der Waals surface area contributed by atoms with Gasteiger partial charge in [-0.25, -0.2) is 0 Å². The molecular formula is C16H25ClN2O. The number of likely N-dealkylation sites (tertiary alicyclic amines) is 1. The van der Waals surface area contributed by atoms with E-state index in [1.54, 1.807) is 0 Å². The Morgan fingerprint density at radius 3 is 2.75 bits per heavy atom. The zero-order chi connectivity index (χ0) is 13.7. The van der Waals surface area contributed by atoms with Gasteiger partial charge in [0.25, 0.3) is 0 Å². The molecule has 2 rings (SSSR count). The van der Waals surface area contributed by atoms with Gasteiger partial charge in [0.2, 0.25) is 5.91 Å². The molecule has 0 aliphatic carbocycles. The van der Waals surface area contributed by atoms with E-state index < -0.39 is 0 Å². The summed E-state index contributed by atoms with van der Waals surface area (Å²) in [7, 11) is 0. The number of rotatable bonds is 4. The molecule has 0 radical (unpaired) electrons. The molecule has 1 saturated heterocycles. The van der Waals surface area contributed by atoms with Crippen LogP contribution in [0.5, 0.6) is 0 Å². The third-order valence-corrected chi connectivity index (χ3v) is 3.97. The summed E-state index contributed by atoms with van der Waals surface area (Å²) >= 11 is 0. The van der Waals surface area contributed by atoms with Crippen LogP contribution in [0.15, 0.2) is 30.3 Å². The zero-order valence-electron chi connectivity index (χ0n) is 12.1. The molecule has 1 heterocycles. The Morgan fingerprint density at radius 1 is 1.40 bits per heavy atom. The van der Waals surface area contributed by atoms with Gasteiger partial charge in [0, 0.05) is 25.6 Å². The molecule has 0 bridgehead atoms. The molecule has 2 N–H and O–H groups in total. The van der Waals surface area contributed by atoms with E-state index in [2.05, 4.69) is 24.3 Å². The summed E-state index contributed by atoms with van der Waals surface area (Å²) in [6, 6.07) is 10.5. The molecular weight excluding hydrogens is 272 g/mol. The van der Waals surface area contributed by atoms with Crippen molar-refractivity contribution in [2.45, 2.75) is 26.2 Å². The van der Waals surface area contributed by atoms with Gasteiger partial charge < -0.3 is 10.6 Å². The van der Waals surface area contributed by atoms with Gasteiger partial charge in [-0.3, -0.25) is 4.79 Å². The van der Waals surface area contributed by atoms with Crippen molar-refractivity contribution in [3.05, 3.63) is 35.9 Å². The number of amides is 1. The SMILES string of the molecule is CC(CN)C(=O)N1CCCC(Cc2ccccc2)C1.Cl. The van der Waals surface area contributed by atoms with Crippen molar-refractivity contribution in [2.75, 3.05) is 19.6 Å². The van der Waals surface area contributed by atoms with Gasteiger partial charge in [0.15, 0.2) is 0 Å². The van der Waals surface area contributed by atoms with E-state index in [9.17, 15) is 4.79 Å². The molecule has 1 aliphatic heterocycles. The van der Waals surface area contributed by atoms with E-state index in [1.165, 1.54) is 12.0 Å². The van der Waals surface area contributed by atoms with E-state index >= 15 is 0 Å². The van der Waals surface area contributed by atoms with Gasteiger partial charge in [0.1, 0.15) is 0 Å². The van der Waals surface area contributed by atoms with Crippen molar-refractivity contribution < 1.29 is 4.79 Å². The maximum absolute atomic E-state index is 12.2. The first-order valence-corrected chi connectivity index (χ1v) is 7.23. The van der Waals surface area contributed by atoms with E-state index in [1.807, 2.05) is 17.9 Å². The lowest BCUT2D eigenvalue weighted by Gasteiger charge is -2.34. The monoisotopic (exact) mass is 296 g/mol. The van der Waals surface area contributed by atoms with E-state index in [0.29, 0.717) is 12.5 Å². The fourth-order valence-electron chi connectivity index (χ4n) is 2.79. The lowest BCUT2D eigenvalue weighted by atomic mass is 9.91. The van der Waals surface area contributed by atoms with Gasteiger partial charge in [0.05, 0.1) is 0 Å².